The van der Waals surface area contributed by atoms with Gasteiger partial charge in [-0.05, 0) is 30.1 Å². The Morgan fingerprint density at radius 1 is 1.00 bits per heavy atom. The lowest BCUT2D eigenvalue weighted by molar-refractivity contribution is 0.0896. The first-order valence-electron chi connectivity index (χ1n) is 9.63. The quantitative estimate of drug-likeness (QED) is 0.530. The van der Waals surface area contributed by atoms with Crippen molar-refractivity contribution < 1.29 is 0 Å². The van der Waals surface area contributed by atoms with E-state index in [9.17, 15) is 0 Å². The predicted molar refractivity (Wildman–Crippen MR) is 113 cm³/mol. The number of hydrogen-bond acceptors (Lipinski definition) is 5. The minimum atomic E-state index is 0.258. The monoisotopic (exact) mass is 389 g/mol. The molecule has 1 unspecified atom stereocenters. The summed E-state index contributed by atoms with van der Waals surface area (Å²) >= 11 is 1.83. The van der Waals surface area contributed by atoms with Crippen molar-refractivity contribution in [1.29, 1.82) is 0 Å². The number of benzene rings is 1. The first-order valence-corrected chi connectivity index (χ1v) is 10.5. The number of likely N-dealkylation sites (N-methyl/N-ethyl adjacent to an activating group) is 1. The van der Waals surface area contributed by atoms with Gasteiger partial charge in [0.1, 0.15) is 5.69 Å². The zero-order chi connectivity index (χ0) is 18.9. The summed E-state index contributed by atoms with van der Waals surface area (Å²) < 4.78 is 1.92. The fourth-order valence-corrected chi connectivity index (χ4v) is 4.69. The molecule has 0 radical (unpaired) electrons. The largest absolute Gasteiger partial charge is 0.295 e. The number of thiophene rings is 1. The Bertz CT molecular complexity index is 1060. The molecular formula is C22H23N5S. The molecule has 0 N–H and O–H groups in total. The molecule has 1 aliphatic heterocycles. The van der Waals surface area contributed by atoms with Crippen LogP contribution in [-0.4, -0.2) is 51.3 Å². The summed E-state index contributed by atoms with van der Waals surface area (Å²) in [6, 6.07) is 19.3. The molecule has 6 heteroatoms. The third-order valence-corrected chi connectivity index (χ3v) is 6.42. The maximum Gasteiger partial charge on any atom is 0.109 e. The van der Waals surface area contributed by atoms with Crippen molar-refractivity contribution in [2.75, 3.05) is 26.7 Å². The second-order valence-electron chi connectivity index (χ2n) is 7.40. The molecule has 142 valence electrons. The Kier molecular flexibility index (Phi) is 4.68. The highest BCUT2D eigenvalue weighted by atomic mass is 32.1. The summed E-state index contributed by atoms with van der Waals surface area (Å²) in [6.45, 7) is 4.11. The second kappa shape index (κ2) is 7.47. The van der Waals surface area contributed by atoms with Gasteiger partial charge in [-0.15, -0.1) is 16.4 Å². The Morgan fingerprint density at radius 2 is 1.89 bits per heavy atom. The van der Waals surface area contributed by atoms with Gasteiger partial charge in [-0.3, -0.25) is 9.80 Å². The number of nitrogens with zero attached hydrogens (tertiary/aromatic N) is 5. The van der Waals surface area contributed by atoms with Gasteiger partial charge in [0.05, 0.1) is 11.6 Å². The lowest BCUT2D eigenvalue weighted by Gasteiger charge is -2.38. The van der Waals surface area contributed by atoms with Crippen LogP contribution in [0.25, 0.3) is 16.6 Å². The Labute approximate surface area is 168 Å². The van der Waals surface area contributed by atoms with Gasteiger partial charge < -0.3 is 0 Å². The summed E-state index contributed by atoms with van der Waals surface area (Å²) in [5.74, 6) is 0. The lowest BCUT2D eigenvalue weighted by Crippen LogP contribution is -2.46. The van der Waals surface area contributed by atoms with Gasteiger partial charge in [0.15, 0.2) is 0 Å². The van der Waals surface area contributed by atoms with Gasteiger partial charge in [0, 0.05) is 42.8 Å². The predicted octanol–water partition coefficient (Wildman–Crippen LogP) is 3.95. The van der Waals surface area contributed by atoms with E-state index in [2.05, 4.69) is 87.3 Å². The molecule has 1 fully saturated rings. The molecule has 1 atom stereocenters. The number of fused-ring (bicyclic) bond motifs is 1. The van der Waals surface area contributed by atoms with Crippen molar-refractivity contribution in [3.63, 3.8) is 0 Å². The molecule has 0 aliphatic carbocycles. The maximum absolute atomic E-state index is 4.58. The standard InChI is InChI=1S/C22H23N5S/c1-25-11-12-26(15-19-8-5-13-28-19)16-21(25)22-20-10-9-18(14-27(20)24-23-22)17-6-3-2-4-7-17/h2-10,13-14,21H,11-12,15-16H2,1H3. The molecule has 1 aromatic carbocycles. The highest BCUT2D eigenvalue weighted by molar-refractivity contribution is 7.09. The van der Waals surface area contributed by atoms with Crippen LogP contribution >= 0.6 is 11.3 Å². The molecule has 4 heterocycles. The average molecular weight is 390 g/mol. The normalized spacial score (nSPS) is 18.7. The number of aromatic nitrogens is 3. The second-order valence-corrected chi connectivity index (χ2v) is 8.43. The summed E-state index contributed by atoms with van der Waals surface area (Å²) in [5, 5.41) is 11.2. The number of rotatable bonds is 4. The van der Waals surface area contributed by atoms with Crippen LogP contribution in [0.4, 0.5) is 0 Å². The summed E-state index contributed by atoms with van der Waals surface area (Å²) in [4.78, 5) is 6.35. The fourth-order valence-electron chi connectivity index (χ4n) is 3.94. The Hall–Kier alpha value is -2.54. The van der Waals surface area contributed by atoms with Gasteiger partial charge >= 0.3 is 0 Å². The first-order chi connectivity index (χ1) is 13.8. The number of hydrogen-bond donors (Lipinski definition) is 0. The van der Waals surface area contributed by atoms with Crippen molar-refractivity contribution in [1.82, 2.24) is 24.6 Å². The molecule has 0 bridgehead atoms. The third kappa shape index (κ3) is 3.35. The maximum atomic E-state index is 4.58. The van der Waals surface area contributed by atoms with E-state index >= 15 is 0 Å². The van der Waals surface area contributed by atoms with E-state index in [-0.39, 0.29) is 6.04 Å². The van der Waals surface area contributed by atoms with Crippen molar-refractivity contribution in [3.05, 3.63) is 76.7 Å². The molecule has 0 amide bonds. The number of piperazine rings is 1. The minimum Gasteiger partial charge on any atom is -0.295 e. The van der Waals surface area contributed by atoms with Crippen LogP contribution in [-0.2, 0) is 6.54 Å². The molecule has 1 aliphatic rings. The zero-order valence-electron chi connectivity index (χ0n) is 15.9. The first kappa shape index (κ1) is 17.6. The summed E-state index contributed by atoms with van der Waals surface area (Å²) in [5.41, 5.74) is 4.51. The van der Waals surface area contributed by atoms with E-state index in [1.807, 2.05) is 21.9 Å². The Balaban J connectivity index is 1.43. The third-order valence-electron chi connectivity index (χ3n) is 5.55. The average Bonchev–Trinajstić information content (AvgIpc) is 3.39. The lowest BCUT2D eigenvalue weighted by atomic mass is 10.1. The van der Waals surface area contributed by atoms with Crippen LogP contribution in [0.2, 0.25) is 0 Å². The van der Waals surface area contributed by atoms with Crippen molar-refractivity contribution in [2.45, 2.75) is 12.6 Å². The van der Waals surface area contributed by atoms with E-state index in [1.165, 1.54) is 10.4 Å². The van der Waals surface area contributed by atoms with E-state index in [4.69, 9.17) is 0 Å². The molecule has 4 aromatic rings. The van der Waals surface area contributed by atoms with Crippen molar-refractivity contribution >= 4 is 16.9 Å². The van der Waals surface area contributed by atoms with Crippen LogP contribution in [0.3, 0.4) is 0 Å². The minimum absolute atomic E-state index is 0.258. The van der Waals surface area contributed by atoms with Crippen molar-refractivity contribution in [3.8, 4) is 11.1 Å². The zero-order valence-corrected chi connectivity index (χ0v) is 16.7. The van der Waals surface area contributed by atoms with Crippen LogP contribution < -0.4 is 0 Å². The van der Waals surface area contributed by atoms with Crippen LogP contribution in [0.1, 0.15) is 16.6 Å². The molecule has 1 saturated heterocycles. The van der Waals surface area contributed by atoms with Crippen LogP contribution in [0, 0.1) is 0 Å². The Morgan fingerprint density at radius 3 is 2.71 bits per heavy atom. The summed E-state index contributed by atoms with van der Waals surface area (Å²) in [6.07, 6.45) is 2.08. The van der Waals surface area contributed by atoms with E-state index < -0.39 is 0 Å². The van der Waals surface area contributed by atoms with Crippen LogP contribution in [0.15, 0.2) is 66.2 Å². The van der Waals surface area contributed by atoms with E-state index in [1.54, 1.807) is 0 Å². The SMILES string of the molecule is CN1CCN(Cc2cccs2)CC1c1nnn2cc(-c3ccccc3)ccc12. The molecule has 5 rings (SSSR count). The topological polar surface area (TPSA) is 36.7 Å². The molecule has 0 saturated carbocycles. The highest BCUT2D eigenvalue weighted by Crippen LogP contribution is 2.28. The summed E-state index contributed by atoms with van der Waals surface area (Å²) in [7, 11) is 2.19. The van der Waals surface area contributed by atoms with Gasteiger partial charge in [-0.25, -0.2) is 4.52 Å². The molecule has 3 aromatic heterocycles. The molecule has 5 nitrogen and oxygen atoms in total. The highest BCUT2D eigenvalue weighted by Gasteiger charge is 2.29. The fraction of sp³-hybridized carbons (Fsp3) is 0.273. The number of pyridine rings is 1. The van der Waals surface area contributed by atoms with E-state index in [0.717, 1.165) is 43.0 Å². The molecular weight excluding hydrogens is 366 g/mol. The smallest absolute Gasteiger partial charge is 0.109 e. The molecule has 0 spiro atoms. The van der Waals surface area contributed by atoms with Gasteiger partial charge in [0.2, 0.25) is 0 Å². The van der Waals surface area contributed by atoms with Gasteiger partial charge in [-0.2, -0.15) is 0 Å². The van der Waals surface area contributed by atoms with E-state index in [0.29, 0.717) is 0 Å². The van der Waals surface area contributed by atoms with Crippen molar-refractivity contribution in [2.24, 2.45) is 0 Å². The molecule has 28 heavy (non-hydrogen) atoms. The van der Waals surface area contributed by atoms with Crippen LogP contribution in [0.5, 0.6) is 0 Å². The van der Waals surface area contributed by atoms with Gasteiger partial charge in [-0.1, -0.05) is 47.7 Å². The van der Waals surface area contributed by atoms with Gasteiger partial charge in [0.25, 0.3) is 0 Å².